The lowest BCUT2D eigenvalue weighted by Crippen LogP contribution is -2.50. The lowest BCUT2D eigenvalue weighted by Gasteiger charge is -2.40. The monoisotopic (exact) mass is 270 g/mol. The molecule has 7 heteroatoms. The summed E-state index contributed by atoms with van der Waals surface area (Å²) in [5, 5.41) is 8.85. The number of alkyl halides is 3. The van der Waals surface area contributed by atoms with Crippen molar-refractivity contribution in [2.45, 2.75) is 19.0 Å². The van der Waals surface area contributed by atoms with Gasteiger partial charge in [-0.1, -0.05) is 0 Å². The summed E-state index contributed by atoms with van der Waals surface area (Å²) in [6, 6.07) is 0. The van der Waals surface area contributed by atoms with Crippen LogP contribution in [0.5, 0.6) is 0 Å². The lowest BCUT2D eigenvalue weighted by molar-refractivity contribution is -0.153. The maximum Gasteiger partial charge on any atom is 0.401 e. The quantitative estimate of drug-likeness (QED) is 0.742. The molecule has 0 spiro atoms. The summed E-state index contributed by atoms with van der Waals surface area (Å²) in [6.07, 6.45) is -2.68. The van der Waals surface area contributed by atoms with Gasteiger partial charge in [0, 0.05) is 31.7 Å². The molecule has 1 rings (SSSR count). The van der Waals surface area contributed by atoms with Crippen LogP contribution in [0.25, 0.3) is 0 Å². The molecule has 1 atom stereocenters. The molecule has 1 aliphatic heterocycles. The Kier molecular flexibility index (Phi) is 5.84. The second-order valence-electron chi connectivity index (χ2n) is 4.91. The first kappa shape index (κ1) is 15.7. The van der Waals surface area contributed by atoms with Gasteiger partial charge >= 0.3 is 6.18 Å². The summed E-state index contributed by atoms with van der Waals surface area (Å²) >= 11 is 0. The lowest BCUT2D eigenvalue weighted by atomic mass is 9.82. The molecule has 1 aliphatic rings. The topological polar surface area (TPSA) is 58.7 Å². The molecule has 1 unspecified atom stereocenters. The van der Waals surface area contributed by atoms with Gasteiger partial charge in [0.1, 0.15) is 0 Å². The summed E-state index contributed by atoms with van der Waals surface area (Å²) in [5.74, 6) is 0. The molecular formula is C11H21F3N2O2. The Balaban J connectivity index is 2.62. The molecule has 0 radical (unpaired) electrons. The summed E-state index contributed by atoms with van der Waals surface area (Å²) in [7, 11) is 0. The maximum atomic E-state index is 12.4. The largest absolute Gasteiger partial charge is 0.401 e. The zero-order valence-electron chi connectivity index (χ0n) is 10.4. The third-order valence-corrected chi connectivity index (χ3v) is 3.22. The van der Waals surface area contributed by atoms with E-state index in [1.807, 2.05) is 0 Å². The molecule has 0 aromatic heterocycles. The molecule has 18 heavy (non-hydrogen) atoms. The summed E-state index contributed by atoms with van der Waals surface area (Å²) in [6.45, 7) is 0.231. The van der Waals surface area contributed by atoms with Crippen molar-refractivity contribution in [1.82, 2.24) is 4.90 Å². The van der Waals surface area contributed by atoms with E-state index in [9.17, 15) is 13.2 Å². The van der Waals surface area contributed by atoms with Crippen molar-refractivity contribution in [2.75, 3.05) is 46.0 Å². The molecule has 0 aliphatic carbocycles. The molecule has 0 aromatic carbocycles. The SMILES string of the molecule is NCC1(CN(CCO)CC(F)(F)F)CCCOC1. The first-order valence-electron chi connectivity index (χ1n) is 6.09. The highest BCUT2D eigenvalue weighted by atomic mass is 19.4. The summed E-state index contributed by atoms with van der Waals surface area (Å²) in [5.41, 5.74) is 5.28. The fourth-order valence-corrected chi connectivity index (χ4v) is 2.34. The number of aliphatic hydroxyl groups is 1. The minimum Gasteiger partial charge on any atom is -0.395 e. The van der Waals surface area contributed by atoms with Crippen LogP contribution in [0.2, 0.25) is 0 Å². The molecule has 0 saturated carbocycles. The van der Waals surface area contributed by atoms with Crippen molar-refractivity contribution >= 4 is 0 Å². The highest BCUT2D eigenvalue weighted by Crippen LogP contribution is 2.29. The Morgan fingerprint density at radius 3 is 2.56 bits per heavy atom. The van der Waals surface area contributed by atoms with E-state index in [0.717, 1.165) is 12.8 Å². The van der Waals surface area contributed by atoms with E-state index >= 15 is 0 Å². The van der Waals surface area contributed by atoms with Crippen molar-refractivity contribution in [2.24, 2.45) is 11.1 Å². The zero-order valence-corrected chi connectivity index (χ0v) is 10.4. The third kappa shape index (κ3) is 5.09. The normalized spacial score (nSPS) is 25.7. The van der Waals surface area contributed by atoms with Crippen LogP contribution in [0.15, 0.2) is 0 Å². The van der Waals surface area contributed by atoms with Gasteiger partial charge in [0.05, 0.1) is 19.8 Å². The van der Waals surface area contributed by atoms with Crippen LogP contribution in [0.3, 0.4) is 0 Å². The predicted molar refractivity (Wildman–Crippen MR) is 61.1 cm³/mol. The molecule has 0 bridgehead atoms. The van der Waals surface area contributed by atoms with E-state index < -0.39 is 18.1 Å². The van der Waals surface area contributed by atoms with Crippen LogP contribution in [-0.2, 0) is 4.74 Å². The van der Waals surface area contributed by atoms with Gasteiger partial charge in [-0.2, -0.15) is 13.2 Å². The van der Waals surface area contributed by atoms with Crippen molar-refractivity contribution in [1.29, 1.82) is 0 Å². The van der Waals surface area contributed by atoms with Gasteiger partial charge in [-0.3, -0.25) is 4.90 Å². The summed E-state index contributed by atoms with van der Waals surface area (Å²) in [4.78, 5) is 1.21. The standard InChI is InChI=1S/C11H21F3N2O2/c12-11(13,14)8-16(3-4-17)7-10(6-15)2-1-5-18-9-10/h17H,1-9,15H2. The molecule has 108 valence electrons. The van der Waals surface area contributed by atoms with Crippen LogP contribution >= 0.6 is 0 Å². The Bertz CT molecular complexity index is 243. The van der Waals surface area contributed by atoms with Crippen molar-refractivity contribution in [3.05, 3.63) is 0 Å². The fourth-order valence-electron chi connectivity index (χ4n) is 2.34. The predicted octanol–water partition coefficient (Wildman–Crippen LogP) is 0.598. The molecule has 4 nitrogen and oxygen atoms in total. The van der Waals surface area contributed by atoms with Crippen LogP contribution in [0.1, 0.15) is 12.8 Å². The minimum absolute atomic E-state index is 0.00125. The Morgan fingerprint density at radius 2 is 2.11 bits per heavy atom. The number of nitrogens with two attached hydrogens (primary N) is 1. The number of ether oxygens (including phenoxy) is 1. The highest BCUT2D eigenvalue weighted by Gasteiger charge is 2.37. The number of hydrogen-bond acceptors (Lipinski definition) is 4. The Labute approximate surface area is 105 Å². The van der Waals surface area contributed by atoms with Gasteiger partial charge in [0.25, 0.3) is 0 Å². The molecule has 0 amide bonds. The molecule has 3 N–H and O–H groups in total. The van der Waals surface area contributed by atoms with E-state index in [2.05, 4.69) is 0 Å². The van der Waals surface area contributed by atoms with Gasteiger partial charge in [-0.25, -0.2) is 0 Å². The highest BCUT2D eigenvalue weighted by molar-refractivity contribution is 4.86. The van der Waals surface area contributed by atoms with E-state index in [4.69, 9.17) is 15.6 Å². The first-order valence-corrected chi connectivity index (χ1v) is 6.09. The first-order chi connectivity index (χ1) is 8.41. The van der Waals surface area contributed by atoms with Gasteiger partial charge in [0.2, 0.25) is 0 Å². The molecule has 1 fully saturated rings. The molecular weight excluding hydrogens is 249 g/mol. The Morgan fingerprint density at radius 1 is 1.39 bits per heavy atom. The molecule has 1 saturated heterocycles. The van der Waals surface area contributed by atoms with Crippen molar-refractivity contribution in [3.8, 4) is 0 Å². The van der Waals surface area contributed by atoms with E-state index in [1.165, 1.54) is 4.90 Å². The number of aliphatic hydroxyl groups excluding tert-OH is 1. The smallest absolute Gasteiger partial charge is 0.395 e. The zero-order chi connectivity index (χ0) is 13.6. The van der Waals surface area contributed by atoms with Gasteiger partial charge < -0.3 is 15.6 Å². The maximum absolute atomic E-state index is 12.4. The number of halogens is 3. The second kappa shape index (κ2) is 6.70. The van der Waals surface area contributed by atoms with E-state index in [-0.39, 0.29) is 19.7 Å². The third-order valence-electron chi connectivity index (χ3n) is 3.22. The second-order valence-corrected chi connectivity index (χ2v) is 4.91. The van der Waals surface area contributed by atoms with Crippen LogP contribution in [0, 0.1) is 5.41 Å². The number of nitrogens with zero attached hydrogens (tertiary/aromatic N) is 1. The fraction of sp³-hybridized carbons (Fsp3) is 1.00. The van der Waals surface area contributed by atoms with Crippen LogP contribution in [0.4, 0.5) is 13.2 Å². The van der Waals surface area contributed by atoms with Gasteiger partial charge in [0.15, 0.2) is 0 Å². The van der Waals surface area contributed by atoms with Crippen molar-refractivity contribution in [3.63, 3.8) is 0 Å². The van der Waals surface area contributed by atoms with Crippen LogP contribution < -0.4 is 5.73 Å². The molecule has 1 heterocycles. The van der Waals surface area contributed by atoms with Crippen molar-refractivity contribution < 1.29 is 23.0 Å². The van der Waals surface area contributed by atoms with E-state index in [0.29, 0.717) is 19.8 Å². The number of hydrogen-bond donors (Lipinski definition) is 2. The minimum atomic E-state index is -4.26. The van der Waals surface area contributed by atoms with Gasteiger partial charge in [-0.15, -0.1) is 0 Å². The van der Waals surface area contributed by atoms with E-state index in [1.54, 1.807) is 0 Å². The summed E-state index contributed by atoms with van der Waals surface area (Å²) < 4.78 is 42.6. The van der Waals surface area contributed by atoms with Crippen LogP contribution in [-0.4, -0.2) is 62.2 Å². The average molecular weight is 270 g/mol. The molecule has 0 aromatic rings. The van der Waals surface area contributed by atoms with Gasteiger partial charge in [-0.05, 0) is 12.8 Å². The average Bonchev–Trinajstić information content (AvgIpc) is 2.28. The number of rotatable bonds is 6. The Hall–Kier alpha value is -0.370.